The van der Waals surface area contributed by atoms with Gasteiger partial charge in [0.15, 0.2) is 0 Å². The lowest BCUT2D eigenvalue weighted by atomic mass is 10.1. The van der Waals surface area contributed by atoms with E-state index in [4.69, 9.17) is 4.74 Å². The van der Waals surface area contributed by atoms with Crippen LogP contribution in [0.3, 0.4) is 0 Å². The summed E-state index contributed by atoms with van der Waals surface area (Å²) in [5.41, 5.74) is 0.959. The second-order valence-corrected chi connectivity index (χ2v) is 3.53. The van der Waals surface area contributed by atoms with Crippen LogP contribution >= 0.6 is 0 Å². The number of para-hydroxylation sites is 1. The van der Waals surface area contributed by atoms with E-state index >= 15 is 0 Å². The molecule has 0 amide bonds. The topological polar surface area (TPSA) is 41.5 Å². The second kappa shape index (κ2) is 4.44. The molecule has 0 unspecified atom stereocenters. The largest absolute Gasteiger partial charge is 0.508 e. The summed E-state index contributed by atoms with van der Waals surface area (Å²) in [5, 5.41) is 12.8. The molecule has 1 fully saturated rings. The molecule has 0 aromatic heterocycles. The first-order valence-corrected chi connectivity index (χ1v) is 4.95. The van der Waals surface area contributed by atoms with Crippen molar-refractivity contribution in [2.45, 2.75) is 12.5 Å². The first-order chi connectivity index (χ1) is 6.86. The Morgan fingerprint density at radius 1 is 1.43 bits per heavy atom. The highest BCUT2D eigenvalue weighted by Gasteiger charge is 2.14. The van der Waals surface area contributed by atoms with Crippen LogP contribution in [0.25, 0.3) is 0 Å². The second-order valence-electron chi connectivity index (χ2n) is 3.53. The molecular weight excluding hydrogens is 178 g/mol. The first kappa shape index (κ1) is 9.49. The van der Waals surface area contributed by atoms with Gasteiger partial charge in [-0.05, 0) is 11.6 Å². The molecule has 2 N–H and O–H groups in total. The average Bonchev–Trinajstić information content (AvgIpc) is 2.23. The minimum atomic E-state index is 0.192. The molecule has 1 atom stereocenters. The molecule has 0 spiro atoms. The van der Waals surface area contributed by atoms with Gasteiger partial charge in [0, 0.05) is 19.5 Å². The van der Waals surface area contributed by atoms with Crippen LogP contribution in [0.4, 0.5) is 0 Å². The zero-order valence-electron chi connectivity index (χ0n) is 8.07. The molecule has 0 bridgehead atoms. The SMILES string of the molecule is Oc1ccccc1C[C@@H]1CNCCO1. The van der Waals surface area contributed by atoms with E-state index in [9.17, 15) is 5.11 Å². The molecule has 1 saturated heterocycles. The van der Waals surface area contributed by atoms with Crippen molar-refractivity contribution >= 4 is 0 Å². The predicted molar refractivity (Wildman–Crippen MR) is 54.4 cm³/mol. The van der Waals surface area contributed by atoms with Crippen molar-refractivity contribution in [2.75, 3.05) is 19.7 Å². The standard InChI is InChI=1S/C11H15NO2/c13-11-4-2-1-3-9(11)7-10-8-12-5-6-14-10/h1-4,10,12-13H,5-8H2/t10-/m1/s1. The molecule has 0 radical (unpaired) electrons. The van der Waals surface area contributed by atoms with Crippen LogP contribution in [-0.4, -0.2) is 30.9 Å². The zero-order chi connectivity index (χ0) is 9.80. The van der Waals surface area contributed by atoms with Gasteiger partial charge in [-0.25, -0.2) is 0 Å². The molecule has 0 aliphatic carbocycles. The van der Waals surface area contributed by atoms with Gasteiger partial charge in [0.05, 0.1) is 12.7 Å². The van der Waals surface area contributed by atoms with Crippen molar-refractivity contribution in [2.24, 2.45) is 0 Å². The van der Waals surface area contributed by atoms with Crippen LogP contribution in [0.2, 0.25) is 0 Å². The summed E-state index contributed by atoms with van der Waals surface area (Å²) >= 11 is 0. The third kappa shape index (κ3) is 2.25. The number of phenols is 1. The highest BCUT2D eigenvalue weighted by molar-refractivity contribution is 5.32. The maximum Gasteiger partial charge on any atom is 0.118 e. The molecule has 14 heavy (non-hydrogen) atoms. The van der Waals surface area contributed by atoms with Crippen LogP contribution in [0.15, 0.2) is 24.3 Å². The van der Waals surface area contributed by atoms with Crippen LogP contribution in [0, 0.1) is 0 Å². The fraction of sp³-hybridized carbons (Fsp3) is 0.455. The molecule has 0 saturated carbocycles. The Balaban J connectivity index is 1.99. The number of aromatic hydroxyl groups is 1. The van der Waals surface area contributed by atoms with Crippen molar-refractivity contribution in [1.29, 1.82) is 0 Å². The van der Waals surface area contributed by atoms with Gasteiger partial charge in [-0.2, -0.15) is 0 Å². The monoisotopic (exact) mass is 193 g/mol. The van der Waals surface area contributed by atoms with Crippen molar-refractivity contribution in [3.63, 3.8) is 0 Å². The van der Waals surface area contributed by atoms with Gasteiger partial charge in [-0.15, -0.1) is 0 Å². The van der Waals surface area contributed by atoms with Gasteiger partial charge in [-0.1, -0.05) is 18.2 Å². The molecule has 2 rings (SSSR count). The third-order valence-corrected chi connectivity index (χ3v) is 2.44. The maximum absolute atomic E-state index is 9.57. The maximum atomic E-state index is 9.57. The molecular formula is C11H15NO2. The molecule has 1 aliphatic rings. The van der Waals surface area contributed by atoms with Gasteiger partial charge in [-0.3, -0.25) is 0 Å². The predicted octanol–water partition coefficient (Wildman–Crippen LogP) is 0.923. The quantitative estimate of drug-likeness (QED) is 0.734. The van der Waals surface area contributed by atoms with Gasteiger partial charge < -0.3 is 15.2 Å². The van der Waals surface area contributed by atoms with Gasteiger partial charge in [0.1, 0.15) is 5.75 Å². The smallest absolute Gasteiger partial charge is 0.118 e. The summed E-state index contributed by atoms with van der Waals surface area (Å²) in [6.45, 7) is 2.56. The van der Waals surface area contributed by atoms with Gasteiger partial charge >= 0.3 is 0 Å². The van der Waals surface area contributed by atoms with E-state index in [1.54, 1.807) is 6.07 Å². The lowest BCUT2D eigenvalue weighted by Crippen LogP contribution is -2.39. The fourth-order valence-corrected chi connectivity index (χ4v) is 1.68. The molecule has 3 heteroatoms. The molecule has 3 nitrogen and oxygen atoms in total. The van der Waals surface area contributed by atoms with Gasteiger partial charge in [0.2, 0.25) is 0 Å². The van der Waals surface area contributed by atoms with Crippen LogP contribution in [0.1, 0.15) is 5.56 Å². The van der Waals surface area contributed by atoms with E-state index in [2.05, 4.69) is 5.32 Å². The number of nitrogens with one attached hydrogen (secondary N) is 1. The van der Waals surface area contributed by atoms with E-state index in [-0.39, 0.29) is 6.10 Å². The van der Waals surface area contributed by atoms with E-state index < -0.39 is 0 Å². The van der Waals surface area contributed by atoms with Crippen molar-refractivity contribution in [3.05, 3.63) is 29.8 Å². The highest BCUT2D eigenvalue weighted by Crippen LogP contribution is 2.18. The number of phenolic OH excluding ortho intramolecular Hbond substituents is 1. The zero-order valence-corrected chi connectivity index (χ0v) is 8.07. The van der Waals surface area contributed by atoms with E-state index in [0.29, 0.717) is 5.75 Å². The summed E-state index contributed by atoms with van der Waals surface area (Å²) in [4.78, 5) is 0. The summed E-state index contributed by atoms with van der Waals surface area (Å²) in [5.74, 6) is 0.363. The van der Waals surface area contributed by atoms with Crippen LogP contribution in [-0.2, 0) is 11.2 Å². The Bertz CT molecular complexity index is 295. The first-order valence-electron chi connectivity index (χ1n) is 4.95. The minimum absolute atomic E-state index is 0.192. The third-order valence-electron chi connectivity index (χ3n) is 2.44. The Morgan fingerprint density at radius 2 is 2.29 bits per heavy atom. The van der Waals surface area contributed by atoms with E-state index in [0.717, 1.165) is 31.7 Å². The Kier molecular flexibility index (Phi) is 3.01. The Morgan fingerprint density at radius 3 is 3.00 bits per heavy atom. The van der Waals surface area contributed by atoms with E-state index in [1.807, 2.05) is 18.2 Å². The van der Waals surface area contributed by atoms with Crippen molar-refractivity contribution in [3.8, 4) is 5.75 Å². The average molecular weight is 193 g/mol. The lowest BCUT2D eigenvalue weighted by molar-refractivity contribution is 0.0289. The van der Waals surface area contributed by atoms with Crippen molar-refractivity contribution in [1.82, 2.24) is 5.32 Å². The summed E-state index contributed by atoms with van der Waals surface area (Å²) in [6, 6.07) is 7.42. The number of morpholine rings is 1. The summed E-state index contributed by atoms with van der Waals surface area (Å²) in [7, 11) is 0. The van der Waals surface area contributed by atoms with Crippen LogP contribution < -0.4 is 5.32 Å². The summed E-state index contributed by atoms with van der Waals surface area (Å²) in [6.07, 6.45) is 0.969. The fourth-order valence-electron chi connectivity index (χ4n) is 1.68. The molecule has 1 aromatic carbocycles. The number of hydrogen-bond donors (Lipinski definition) is 2. The lowest BCUT2D eigenvalue weighted by Gasteiger charge is -2.23. The number of benzene rings is 1. The molecule has 1 aliphatic heterocycles. The Labute approximate surface area is 83.7 Å². The normalized spacial score (nSPS) is 22.1. The number of ether oxygens (including phenoxy) is 1. The highest BCUT2D eigenvalue weighted by atomic mass is 16.5. The number of hydrogen-bond acceptors (Lipinski definition) is 3. The minimum Gasteiger partial charge on any atom is -0.508 e. The molecule has 76 valence electrons. The Hall–Kier alpha value is -1.06. The van der Waals surface area contributed by atoms with Crippen LogP contribution in [0.5, 0.6) is 5.75 Å². The number of rotatable bonds is 2. The molecule has 1 heterocycles. The summed E-state index contributed by atoms with van der Waals surface area (Å²) < 4.78 is 5.56. The van der Waals surface area contributed by atoms with Crippen molar-refractivity contribution < 1.29 is 9.84 Å². The molecule has 1 aromatic rings. The van der Waals surface area contributed by atoms with Gasteiger partial charge in [0.25, 0.3) is 0 Å². The van der Waals surface area contributed by atoms with E-state index in [1.165, 1.54) is 0 Å².